The lowest BCUT2D eigenvalue weighted by molar-refractivity contribution is -0.138. The normalized spacial score (nSPS) is 19.8. The molecule has 1 N–H and O–H groups in total. The van der Waals surface area contributed by atoms with E-state index in [0.29, 0.717) is 18.2 Å². The molecule has 0 aromatic rings. The smallest absolute Gasteiger partial charge is 0.291 e. The molecule has 1 heterocycles. The predicted molar refractivity (Wildman–Crippen MR) is 93.1 cm³/mol. The summed E-state index contributed by atoms with van der Waals surface area (Å²) in [5.74, 6) is 0.245. The number of carbonyl (C=O) groups is 3. The fourth-order valence-corrected chi connectivity index (χ4v) is 3.89. The highest BCUT2D eigenvalue weighted by molar-refractivity contribution is 6.36. The molecule has 0 spiro atoms. The first-order valence-corrected chi connectivity index (χ1v) is 9.35. The van der Waals surface area contributed by atoms with Gasteiger partial charge < -0.3 is 10.2 Å². The minimum Gasteiger partial charge on any atom is -0.342 e. The number of amides is 2. The summed E-state index contributed by atoms with van der Waals surface area (Å²) in [7, 11) is 0. The Morgan fingerprint density at radius 2 is 1.71 bits per heavy atom. The Labute approximate surface area is 144 Å². The van der Waals surface area contributed by atoms with Crippen LogP contribution < -0.4 is 5.32 Å². The van der Waals surface area contributed by atoms with Crippen LogP contribution in [0.5, 0.6) is 0 Å². The van der Waals surface area contributed by atoms with E-state index < -0.39 is 5.91 Å². The highest BCUT2D eigenvalue weighted by Gasteiger charge is 2.29. The molecule has 1 saturated heterocycles. The van der Waals surface area contributed by atoms with E-state index >= 15 is 0 Å². The third-order valence-electron chi connectivity index (χ3n) is 5.38. The highest BCUT2D eigenvalue weighted by Crippen LogP contribution is 2.28. The molecule has 5 heteroatoms. The number of hydrogen-bond donors (Lipinski definition) is 1. The molecular formula is C19H30N2O3. The standard InChI is InChI=1S/C19H30N2O3/c1-2-20-18(23)17(22)10-6-7-15-11-13-21(14-12-15)19(24)16-8-4-3-5-9-16/h2,15-16H,1,3-14H2,(H,20,23). The maximum Gasteiger partial charge on any atom is 0.291 e. The maximum absolute atomic E-state index is 12.5. The largest absolute Gasteiger partial charge is 0.342 e. The van der Waals surface area contributed by atoms with Crippen LogP contribution in [0.1, 0.15) is 64.2 Å². The Bertz CT molecular complexity index is 461. The van der Waals surface area contributed by atoms with E-state index in [1.807, 2.05) is 0 Å². The molecule has 24 heavy (non-hydrogen) atoms. The van der Waals surface area contributed by atoms with Gasteiger partial charge in [-0.25, -0.2) is 0 Å². The van der Waals surface area contributed by atoms with Gasteiger partial charge in [0.1, 0.15) is 0 Å². The summed E-state index contributed by atoms with van der Waals surface area (Å²) in [5.41, 5.74) is 0. The lowest BCUT2D eigenvalue weighted by Gasteiger charge is -2.35. The van der Waals surface area contributed by atoms with Crippen LogP contribution in [-0.2, 0) is 14.4 Å². The Morgan fingerprint density at radius 3 is 2.33 bits per heavy atom. The maximum atomic E-state index is 12.5. The van der Waals surface area contributed by atoms with Crippen molar-refractivity contribution in [3.63, 3.8) is 0 Å². The van der Waals surface area contributed by atoms with Crippen LogP contribution in [0.3, 0.4) is 0 Å². The van der Waals surface area contributed by atoms with Gasteiger partial charge in [0.25, 0.3) is 5.91 Å². The van der Waals surface area contributed by atoms with Crippen molar-refractivity contribution in [1.82, 2.24) is 10.2 Å². The fourth-order valence-electron chi connectivity index (χ4n) is 3.89. The van der Waals surface area contributed by atoms with Gasteiger partial charge in [-0.3, -0.25) is 14.4 Å². The van der Waals surface area contributed by atoms with Crippen molar-refractivity contribution in [2.24, 2.45) is 11.8 Å². The minimum absolute atomic E-state index is 0.260. The quantitative estimate of drug-likeness (QED) is 0.728. The number of Topliss-reactive ketones (excluding diaryl/α,β-unsaturated/α-hetero) is 1. The summed E-state index contributed by atoms with van der Waals surface area (Å²) >= 11 is 0. The molecule has 2 fully saturated rings. The van der Waals surface area contributed by atoms with Gasteiger partial charge in [0.05, 0.1) is 0 Å². The molecule has 1 aliphatic carbocycles. The molecule has 0 aromatic carbocycles. The average Bonchev–Trinajstić information content (AvgIpc) is 2.62. The second-order valence-corrected chi connectivity index (χ2v) is 7.10. The molecule has 0 atom stereocenters. The summed E-state index contributed by atoms with van der Waals surface area (Å²) in [6.07, 6.45) is 11.1. The Hall–Kier alpha value is -1.65. The van der Waals surface area contributed by atoms with Gasteiger partial charge in [0.2, 0.25) is 11.7 Å². The lowest BCUT2D eigenvalue weighted by Crippen LogP contribution is -2.42. The van der Waals surface area contributed by atoms with Crippen molar-refractivity contribution in [2.45, 2.75) is 64.2 Å². The summed E-state index contributed by atoms with van der Waals surface area (Å²) in [6, 6.07) is 0. The molecule has 1 saturated carbocycles. The van der Waals surface area contributed by atoms with E-state index in [-0.39, 0.29) is 11.7 Å². The number of carbonyl (C=O) groups excluding carboxylic acids is 3. The first-order chi connectivity index (χ1) is 11.6. The number of piperidine rings is 1. The Kier molecular flexibility index (Phi) is 7.47. The first-order valence-electron chi connectivity index (χ1n) is 9.35. The SMILES string of the molecule is C=CNC(=O)C(=O)CCCC1CCN(C(=O)C2CCCCC2)CC1. The van der Waals surface area contributed by atoms with Crippen molar-refractivity contribution in [2.75, 3.05) is 13.1 Å². The number of hydrogen-bond acceptors (Lipinski definition) is 3. The molecule has 1 aliphatic heterocycles. The molecule has 2 aliphatic rings. The predicted octanol–water partition coefficient (Wildman–Crippen LogP) is 2.80. The number of likely N-dealkylation sites (tertiary alicyclic amines) is 1. The zero-order valence-corrected chi connectivity index (χ0v) is 14.6. The monoisotopic (exact) mass is 334 g/mol. The summed E-state index contributed by atoms with van der Waals surface area (Å²) in [5, 5.41) is 2.31. The van der Waals surface area contributed by atoms with Gasteiger partial charge in [-0.15, -0.1) is 0 Å². The van der Waals surface area contributed by atoms with Gasteiger partial charge in [-0.1, -0.05) is 25.8 Å². The molecule has 0 radical (unpaired) electrons. The van der Waals surface area contributed by atoms with Crippen LogP contribution >= 0.6 is 0 Å². The summed E-state index contributed by atoms with van der Waals surface area (Å²) in [6.45, 7) is 5.08. The molecular weight excluding hydrogens is 304 g/mol. The van der Waals surface area contributed by atoms with Gasteiger partial charge in [0, 0.05) is 25.4 Å². The summed E-state index contributed by atoms with van der Waals surface area (Å²) in [4.78, 5) is 37.5. The Morgan fingerprint density at radius 1 is 1.04 bits per heavy atom. The molecule has 0 unspecified atom stereocenters. The molecule has 0 aromatic heterocycles. The molecule has 2 amide bonds. The minimum atomic E-state index is -0.571. The van der Waals surface area contributed by atoms with Crippen molar-refractivity contribution in [1.29, 1.82) is 0 Å². The van der Waals surface area contributed by atoms with Gasteiger partial charge in [-0.2, -0.15) is 0 Å². The third-order valence-corrected chi connectivity index (χ3v) is 5.38. The zero-order chi connectivity index (χ0) is 17.4. The second-order valence-electron chi connectivity index (χ2n) is 7.10. The zero-order valence-electron chi connectivity index (χ0n) is 14.6. The number of nitrogens with one attached hydrogen (secondary N) is 1. The van der Waals surface area contributed by atoms with E-state index in [4.69, 9.17) is 0 Å². The lowest BCUT2D eigenvalue weighted by atomic mass is 9.86. The Balaban J connectivity index is 1.63. The van der Waals surface area contributed by atoms with Crippen molar-refractivity contribution in [3.05, 3.63) is 12.8 Å². The second kappa shape index (κ2) is 9.60. The fraction of sp³-hybridized carbons (Fsp3) is 0.737. The third kappa shape index (κ3) is 5.46. The number of rotatable bonds is 7. The first kappa shape index (κ1) is 18.7. The molecule has 0 bridgehead atoms. The van der Waals surface area contributed by atoms with E-state index in [0.717, 1.165) is 51.6 Å². The number of ketones is 1. The van der Waals surface area contributed by atoms with E-state index in [1.165, 1.54) is 25.5 Å². The van der Waals surface area contributed by atoms with E-state index in [2.05, 4.69) is 16.8 Å². The van der Waals surface area contributed by atoms with Crippen LogP contribution in [0.2, 0.25) is 0 Å². The number of nitrogens with zero attached hydrogens (tertiary/aromatic N) is 1. The average molecular weight is 334 g/mol. The van der Waals surface area contributed by atoms with E-state index in [9.17, 15) is 14.4 Å². The van der Waals surface area contributed by atoms with Gasteiger partial charge in [-0.05, 0) is 50.6 Å². The highest BCUT2D eigenvalue weighted by atomic mass is 16.2. The molecule has 5 nitrogen and oxygen atoms in total. The van der Waals surface area contributed by atoms with Gasteiger partial charge in [0.15, 0.2) is 0 Å². The van der Waals surface area contributed by atoms with Crippen molar-refractivity contribution >= 4 is 17.6 Å². The van der Waals surface area contributed by atoms with Crippen LogP contribution in [0.4, 0.5) is 0 Å². The van der Waals surface area contributed by atoms with E-state index in [1.54, 1.807) is 0 Å². The molecule has 2 rings (SSSR count). The van der Waals surface area contributed by atoms with Gasteiger partial charge >= 0.3 is 0 Å². The van der Waals surface area contributed by atoms with Crippen LogP contribution in [0, 0.1) is 11.8 Å². The van der Waals surface area contributed by atoms with Crippen molar-refractivity contribution in [3.8, 4) is 0 Å². The van der Waals surface area contributed by atoms with Crippen molar-refractivity contribution < 1.29 is 14.4 Å². The topological polar surface area (TPSA) is 66.5 Å². The summed E-state index contributed by atoms with van der Waals surface area (Å²) < 4.78 is 0. The van der Waals surface area contributed by atoms with Crippen LogP contribution in [0.25, 0.3) is 0 Å². The van der Waals surface area contributed by atoms with Crippen LogP contribution in [0.15, 0.2) is 12.8 Å². The molecule has 134 valence electrons. The van der Waals surface area contributed by atoms with Crippen LogP contribution in [-0.4, -0.2) is 35.6 Å².